The highest BCUT2D eigenvalue weighted by Crippen LogP contribution is 2.16. The van der Waals surface area contributed by atoms with Crippen molar-refractivity contribution >= 4 is 5.91 Å². The van der Waals surface area contributed by atoms with E-state index in [0.29, 0.717) is 13.2 Å². The first-order chi connectivity index (χ1) is 10.1. The molecule has 110 valence electrons. The molecule has 0 aliphatic heterocycles. The summed E-state index contributed by atoms with van der Waals surface area (Å²) in [5.41, 5.74) is 1.05. The summed E-state index contributed by atoms with van der Waals surface area (Å²) in [6.45, 7) is 2.67. The SMILES string of the molecule is Cc1ccccc1OCCN(C)C(=O)c1ccncc1F. The molecule has 5 heteroatoms. The number of pyridine rings is 1. The van der Waals surface area contributed by atoms with Gasteiger partial charge < -0.3 is 9.64 Å². The molecule has 0 bridgehead atoms. The summed E-state index contributed by atoms with van der Waals surface area (Å²) >= 11 is 0. The molecule has 21 heavy (non-hydrogen) atoms. The van der Waals surface area contributed by atoms with Gasteiger partial charge in [0.1, 0.15) is 12.4 Å². The summed E-state index contributed by atoms with van der Waals surface area (Å²) < 4.78 is 19.1. The van der Waals surface area contributed by atoms with Crippen molar-refractivity contribution in [3.05, 3.63) is 59.7 Å². The minimum atomic E-state index is -0.617. The largest absolute Gasteiger partial charge is 0.491 e. The van der Waals surface area contributed by atoms with Gasteiger partial charge in [-0.3, -0.25) is 9.78 Å². The number of aromatic nitrogens is 1. The summed E-state index contributed by atoms with van der Waals surface area (Å²) in [6, 6.07) is 9.03. The number of rotatable bonds is 5. The highest BCUT2D eigenvalue weighted by molar-refractivity contribution is 5.94. The van der Waals surface area contributed by atoms with Crippen LogP contribution in [-0.2, 0) is 0 Å². The third-order valence-electron chi connectivity index (χ3n) is 3.13. The standard InChI is InChI=1S/C16H17FN2O2/c1-12-5-3-4-6-15(12)21-10-9-19(2)16(20)13-7-8-18-11-14(13)17/h3-8,11H,9-10H2,1-2H3. The van der Waals surface area contributed by atoms with Gasteiger partial charge in [0.15, 0.2) is 5.82 Å². The van der Waals surface area contributed by atoms with Gasteiger partial charge in [-0.15, -0.1) is 0 Å². The van der Waals surface area contributed by atoms with Crippen LogP contribution in [0.5, 0.6) is 5.75 Å². The van der Waals surface area contributed by atoms with Crippen molar-refractivity contribution in [3.8, 4) is 5.75 Å². The monoisotopic (exact) mass is 288 g/mol. The van der Waals surface area contributed by atoms with E-state index in [1.807, 2.05) is 31.2 Å². The molecule has 0 aliphatic rings. The molecule has 1 aromatic heterocycles. The van der Waals surface area contributed by atoms with Crippen LogP contribution in [0.15, 0.2) is 42.7 Å². The maximum Gasteiger partial charge on any atom is 0.256 e. The molecular weight excluding hydrogens is 271 g/mol. The molecule has 0 saturated carbocycles. The predicted octanol–water partition coefficient (Wildman–Crippen LogP) is 2.68. The summed E-state index contributed by atoms with van der Waals surface area (Å²) in [5.74, 6) is -0.217. The first-order valence-electron chi connectivity index (χ1n) is 6.63. The summed E-state index contributed by atoms with van der Waals surface area (Å²) in [4.78, 5) is 17.1. The molecule has 1 heterocycles. The Morgan fingerprint density at radius 3 is 2.81 bits per heavy atom. The summed E-state index contributed by atoms with van der Waals surface area (Å²) in [7, 11) is 1.61. The molecule has 2 rings (SSSR count). The number of benzene rings is 1. The molecule has 4 nitrogen and oxygen atoms in total. The number of aryl methyl sites for hydroxylation is 1. The second-order valence-electron chi connectivity index (χ2n) is 4.70. The Kier molecular flexibility index (Phi) is 4.87. The zero-order valence-electron chi connectivity index (χ0n) is 12.0. The zero-order valence-corrected chi connectivity index (χ0v) is 12.0. The maximum absolute atomic E-state index is 13.5. The Labute approximate surface area is 123 Å². The van der Waals surface area contributed by atoms with E-state index >= 15 is 0 Å². The van der Waals surface area contributed by atoms with Crippen LogP contribution < -0.4 is 4.74 Å². The van der Waals surface area contributed by atoms with Gasteiger partial charge in [0, 0.05) is 13.2 Å². The molecule has 0 unspecified atom stereocenters. The fourth-order valence-corrected chi connectivity index (χ4v) is 1.87. The molecule has 1 aromatic carbocycles. The van der Waals surface area contributed by atoms with E-state index in [-0.39, 0.29) is 11.5 Å². The number of ether oxygens (including phenoxy) is 1. The Balaban J connectivity index is 1.90. The van der Waals surface area contributed by atoms with Crippen molar-refractivity contribution < 1.29 is 13.9 Å². The van der Waals surface area contributed by atoms with E-state index in [2.05, 4.69) is 4.98 Å². The molecule has 0 atom stereocenters. The molecule has 0 saturated heterocycles. The van der Waals surface area contributed by atoms with Crippen LogP contribution in [0.25, 0.3) is 0 Å². The zero-order chi connectivity index (χ0) is 15.2. The lowest BCUT2D eigenvalue weighted by atomic mass is 10.2. The molecule has 2 aromatic rings. The smallest absolute Gasteiger partial charge is 0.256 e. The number of carbonyl (C=O) groups is 1. The van der Waals surface area contributed by atoms with Crippen molar-refractivity contribution in [2.45, 2.75) is 6.92 Å². The average molecular weight is 288 g/mol. The molecular formula is C16H17FN2O2. The number of carbonyl (C=O) groups excluding carboxylic acids is 1. The number of hydrogen-bond acceptors (Lipinski definition) is 3. The molecule has 1 amide bonds. The highest BCUT2D eigenvalue weighted by atomic mass is 19.1. The van der Waals surface area contributed by atoms with Crippen LogP contribution >= 0.6 is 0 Å². The number of nitrogens with zero attached hydrogens (tertiary/aromatic N) is 2. The lowest BCUT2D eigenvalue weighted by Crippen LogP contribution is -2.31. The average Bonchev–Trinajstić information content (AvgIpc) is 2.49. The number of amides is 1. The Bertz CT molecular complexity index is 631. The van der Waals surface area contributed by atoms with Crippen LogP contribution in [0.1, 0.15) is 15.9 Å². The van der Waals surface area contributed by atoms with Crippen molar-refractivity contribution in [1.29, 1.82) is 0 Å². The molecule has 0 spiro atoms. The van der Waals surface area contributed by atoms with E-state index in [0.717, 1.165) is 17.5 Å². The van der Waals surface area contributed by atoms with Gasteiger partial charge in [-0.25, -0.2) is 4.39 Å². The number of likely N-dealkylation sites (N-methyl/N-ethyl adjacent to an activating group) is 1. The van der Waals surface area contributed by atoms with Gasteiger partial charge in [-0.2, -0.15) is 0 Å². The molecule has 0 radical (unpaired) electrons. The first kappa shape index (κ1) is 15.0. The molecule has 0 aliphatic carbocycles. The maximum atomic E-state index is 13.5. The lowest BCUT2D eigenvalue weighted by Gasteiger charge is -2.18. The van der Waals surface area contributed by atoms with Crippen LogP contribution in [0.4, 0.5) is 4.39 Å². The van der Waals surface area contributed by atoms with Gasteiger partial charge in [-0.1, -0.05) is 18.2 Å². The topological polar surface area (TPSA) is 42.4 Å². The fraction of sp³-hybridized carbons (Fsp3) is 0.250. The minimum absolute atomic E-state index is 0.0170. The normalized spacial score (nSPS) is 10.2. The number of hydrogen-bond donors (Lipinski definition) is 0. The van der Waals surface area contributed by atoms with Crippen molar-refractivity contribution in [3.63, 3.8) is 0 Å². The summed E-state index contributed by atoms with van der Waals surface area (Å²) in [5, 5.41) is 0. The van der Waals surface area contributed by atoms with E-state index in [4.69, 9.17) is 4.74 Å². The third-order valence-corrected chi connectivity index (χ3v) is 3.13. The minimum Gasteiger partial charge on any atom is -0.491 e. The first-order valence-corrected chi connectivity index (χ1v) is 6.63. The van der Waals surface area contributed by atoms with Crippen molar-refractivity contribution in [2.24, 2.45) is 0 Å². The second kappa shape index (κ2) is 6.83. The Morgan fingerprint density at radius 1 is 1.33 bits per heavy atom. The van der Waals surface area contributed by atoms with Gasteiger partial charge in [0.05, 0.1) is 18.3 Å². The highest BCUT2D eigenvalue weighted by Gasteiger charge is 2.15. The van der Waals surface area contributed by atoms with Gasteiger partial charge in [0.2, 0.25) is 0 Å². The number of halogens is 1. The van der Waals surface area contributed by atoms with Gasteiger partial charge >= 0.3 is 0 Å². The van der Waals surface area contributed by atoms with E-state index in [1.54, 1.807) is 7.05 Å². The fourth-order valence-electron chi connectivity index (χ4n) is 1.87. The van der Waals surface area contributed by atoms with E-state index in [1.165, 1.54) is 17.2 Å². The van der Waals surface area contributed by atoms with Crippen molar-refractivity contribution in [1.82, 2.24) is 9.88 Å². The predicted molar refractivity (Wildman–Crippen MR) is 77.8 cm³/mol. The Morgan fingerprint density at radius 2 is 2.10 bits per heavy atom. The van der Waals surface area contributed by atoms with Gasteiger partial charge in [-0.05, 0) is 24.6 Å². The van der Waals surface area contributed by atoms with Crippen molar-refractivity contribution in [2.75, 3.05) is 20.2 Å². The third kappa shape index (κ3) is 3.78. The van der Waals surface area contributed by atoms with E-state index < -0.39 is 5.82 Å². The van der Waals surface area contributed by atoms with Crippen LogP contribution in [0.2, 0.25) is 0 Å². The number of para-hydroxylation sites is 1. The summed E-state index contributed by atoms with van der Waals surface area (Å²) in [6.07, 6.45) is 2.43. The second-order valence-corrected chi connectivity index (χ2v) is 4.70. The molecule has 0 fully saturated rings. The van der Waals surface area contributed by atoms with Crippen LogP contribution in [0, 0.1) is 12.7 Å². The Hall–Kier alpha value is -2.43. The van der Waals surface area contributed by atoms with E-state index in [9.17, 15) is 9.18 Å². The quantitative estimate of drug-likeness (QED) is 0.849. The van der Waals surface area contributed by atoms with Crippen LogP contribution in [0.3, 0.4) is 0 Å². The van der Waals surface area contributed by atoms with Gasteiger partial charge in [0.25, 0.3) is 5.91 Å². The molecule has 0 N–H and O–H groups in total. The van der Waals surface area contributed by atoms with Crippen LogP contribution in [-0.4, -0.2) is 36.0 Å². The lowest BCUT2D eigenvalue weighted by molar-refractivity contribution is 0.0769.